The first-order valence-corrected chi connectivity index (χ1v) is 4.60. The third-order valence-electron chi connectivity index (χ3n) is 2.32. The van der Waals surface area contributed by atoms with E-state index in [1.807, 2.05) is 0 Å². The number of aliphatic carboxylic acids is 1. The van der Waals surface area contributed by atoms with E-state index in [2.05, 4.69) is 0 Å². The molecule has 0 aromatic carbocycles. The summed E-state index contributed by atoms with van der Waals surface area (Å²) in [4.78, 5) is 22.3. The highest BCUT2D eigenvalue weighted by atomic mass is 16.4. The number of rotatable bonds is 7. The Kier molecular flexibility index (Phi) is 5.45. The maximum atomic E-state index is 11.5. The second kappa shape index (κ2) is 5.89. The molecule has 0 bridgehead atoms. The van der Waals surface area contributed by atoms with Crippen LogP contribution in [-0.4, -0.2) is 74.9 Å². The Bertz CT molecular complexity index is 286. The molecule has 8 N–H and O–H groups in total. The highest BCUT2D eigenvalue weighted by Gasteiger charge is 2.44. The molecule has 9 heteroatoms. The van der Waals surface area contributed by atoms with E-state index in [1.54, 1.807) is 5.32 Å². The molecule has 0 fully saturated rings. The van der Waals surface area contributed by atoms with Gasteiger partial charge in [0.05, 0.1) is 26.4 Å². The predicted octanol–water partition coefficient (Wildman–Crippen LogP) is -4.41. The Morgan fingerprint density at radius 2 is 1.41 bits per heavy atom. The topological polar surface area (TPSA) is 173 Å². The zero-order chi connectivity index (χ0) is 13.7. The van der Waals surface area contributed by atoms with Gasteiger partial charge < -0.3 is 36.6 Å². The van der Waals surface area contributed by atoms with E-state index in [9.17, 15) is 9.59 Å². The lowest BCUT2D eigenvalue weighted by atomic mass is 9.97. The van der Waals surface area contributed by atoms with E-state index in [0.717, 1.165) is 0 Å². The molecule has 9 nitrogen and oxygen atoms in total. The zero-order valence-electron chi connectivity index (χ0n) is 8.96. The highest BCUT2D eigenvalue weighted by Crippen LogP contribution is 2.07. The summed E-state index contributed by atoms with van der Waals surface area (Å²) in [6.07, 6.45) is 0. The van der Waals surface area contributed by atoms with Crippen molar-refractivity contribution in [3.8, 4) is 0 Å². The summed E-state index contributed by atoms with van der Waals surface area (Å²) >= 11 is 0. The van der Waals surface area contributed by atoms with Crippen molar-refractivity contribution >= 4 is 11.9 Å². The number of hydrogen-bond acceptors (Lipinski definition) is 7. The molecule has 0 aliphatic rings. The fourth-order valence-electron chi connectivity index (χ4n) is 0.853. The van der Waals surface area contributed by atoms with Gasteiger partial charge in [0.15, 0.2) is 5.54 Å². The van der Waals surface area contributed by atoms with Crippen molar-refractivity contribution in [1.29, 1.82) is 0 Å². The molecule has 0 atom stereocenters. The van der Waals surface area contributed by atoms with Gasteiger partial charge in [0.1, 0.15) is 5.54 Å². The third-order valence-corrected chi connectivity index (χ3v) is 2.32. The summed E-state index contributed by atoms with van der Waals surface area (Å²) in [7, 11) is 0. The Balaban J connectivity index is 5.03. The monoisotopic (exact) mass is 252 g/mol. The molecule has 100 valence electrons. The van der Waals surface area contributed by atoms with Gasteiger partial charge in [-0.15, -0.1) is 0 Å². The number of carboxylic acid groups (broad SMARTS) is 1. The quantitative estimate of drug-likeness (QED) is 0.238. The molecule has 0 aromatic rings. The van der Waals surface area contributed by atoms with E-state index in [4.69, 9.17) is 31.3 Å². The van der Waals surface area contributed by atoms with Crippen LogP contribution < -0.4 is 11.1 Å². The van der Waals surface area contributed by atoms with Gasteiger partial charge in [-0.1, -0.05) is 0 Å². The molecule has 0 unspecified atom stereocenters. The van der Waals surface area contributed by atoms with Crippen molar-refractivity contribution in [1.82, 2.24) is 5.32 Å². The number of nitrogens with two attached hydrogens (primary N) is 1. The van der Waals surface area contributed by atoms with Gasteiger partial charge in [0.2, 0.25) is 5.91 Å². The average molecular weight is 252 g/mol. The Labute approximate surface area is 96.5 Å². The summed E-state index contributed by atoms with van der Waals surface area (Å²) in [5.74, 6) is -2.87. The molecule has 0 rings (SSSR count). The van der Waals surface area contributed by atoms with Gasteiger partial charge in [0, 0.05) is 0 Å². The van der Waals surface area contributed by atoms with E-state index in [1.165, 1.54) is 0 Å². The normalized spacial score (nSPS) is 12.3. The molecule has 17 heavy (non-hydrogen) atoms. The van der Waals surface area contributed by atoms with E-state index < -0.39 is 49.4 Å². The minimum absolute atomic E-state index is 0.929. The first-order chi connectivity index (χ1) is 7.81. The summed E-state index contributed by atoms with van der Waals surface area (Å²) < 4.78 is 0. The van der Waals surface area contributed by atoms with Crippen molar-refractivity contribution in [3.05, 3.63) is 0 Å². The van der Waals surface area contributed by atoms with Gasteiger partial charge >= 0.3 is 5.97 Å². The van der Waals surface area contributed by atoms with Crippen molar-refractivity contribution in [2.45, 2.75) is 11.1 Å². The number of nitrogens with one attached hydrogen (secondary N) is 1. The predicted molar refractivity (Wildman–Crippen MR) is 53.8 cm³/mol. The van der Waals surface area contributed by atoms with Crippen LogP contribution in [0.1, 0.15) is 0 Å². The Morgan fingerprint density at radius 3 is 1.65 bits per heavy atom. The van der Waals surface area contributed by atoms with Crippen LogP contribution >= 0.6 is 0 Å². The highest BCUT2D eigenvalue weighted by molar-refractivity contribution is 5.92. The number of carboxylic acids is 1. The molecule has 0 saturated carbocycles. The largest absolute Gasteiger partial charge is 0.479 e. The molecular weight excluding hydrogens is 236 g/mol. The molecule has 0 saturated heterocycles. The van der Waals surface area contributed by atoms with Crippen LogP contribution in [0.3, 0.4) is 0 Å². The van der Waals surface area contributed by atoms with Gasteiger partial charge in [-0.3, -0.25) is 4.79 Å². The molecule has 0 aliphatic heterocycles. The lowest BCUT2D eigenvalue weighted by Crippen LogP contribution is -2.68. The smallest absolute Gasteiger partial charge is 0.334 e. The van der Waals surface area contributed by atoms with Crippen LogP contribution in [0, 0.1) is 0 Å². The summed E-state index contributed by atoms with van der Waals surface area (Å²) in [5, 5.41) is 46.0. The minimum atomic E-state index is -2.31. The van der Waals surface area contributed by atoms with Crippen LogP contribution in [0.15, 0.2) is 0 Å². The van der Waals surface area contributed by atoms with Crippen LogP contribution in [0.4, 0.5) is 0 Å². The number of carbonyl (C=O) groups is 2. The van der Waals surface area contributed by atoms with Crippen LogP contribution in [0.25, 0.3) is 0 Å². The molecule has 0 aromatic heterocycles. The average Bonchev–Trinajstić information content (AvgIpc) is 2.34. The van der Waals surface area contributed by atoms with Crippen molar-refractivity contribution in [2.24, 2.45) is 5.73 Å². The lowest BCUT2D eigenvalue weighted by Gasteiger charge is -2.31. The zero-order valence-corrected chi connectivity index (χ0v) is 8.96. The Morgan fingerprint density at radius 1 is 1.00 bits per heavy atom. The van der Waals surface area contributed by atoms with Gasteiger partial charge in [0.25, 0.3) is 0 Å². The van der Waals surface area contributed by atoms with E-state index >= 15 is 0 Å². The molecule has 0 radical (unpaired) electrons. The molecule has 0 heterocycles. The van der Waals surface area contributed by atoms with Gasteiger partial charge in [-0.2, -0.15) is 0 Å². The maximum absolute atomic E-state index is 11.5. The third kappa shape index (κ3) is 3.11. The number of carbonyl (C=O) groups excluding carboxylic acids is 1. The molecular formula is C8H16N2O7. The fraction of sp³-hybridized carbons (Fsp3) is 0.750. The standard InChI is InChI=1S/C8H16N2O7/c9-7(1-11,2-12)5(15)10-8(3-13,4-14)6(16)17/h11-14H,1-4,9H2,(H,10,15)(H,16,17). The summed E-state index contributed by atoms with van der Waals surface area (Å²) in [6.45, 7) is -4.00. The first-order valence-electron chi connectivity index (χ1n) is 4.60. The van der Waals surface area contributed by atoms with Crippen molar-refractivity contribution < 1.29 is 35.1 Å². The molecule has 0 spiro atoms. The Hall–Kier alpha value is -1.26. The van der Waals surface area contributed by atoms with Crippen LogP contribution in [0.5, 0.6) is 0 Å². The van der Waals surface area contributed by atoms with Crippen molar-refractivity contribution in [3.63, 3.8) is 0 Å². The summed E-state index contributed by atoms with van der Waals surface area (Å²) in [5.41, 5.74) is 0.883. The maximum Gasteiger partial charge on any atom is 0.334 e. The second-order valence-electron chi connectivity index (χ2n) is 3.63. The first kappa shape index (κ1) is 15.7. The number of aliphatic hydroxyl groups is 4. The van der Waals surface area contributed by atoms with Crippen LogP contribution in [-0.2, 0) is 9.59 Å². The van der Waals surface area contributed by atoms with Crippen LogP contribution in [0.2, 0.25) is 0 Å². The SMILES string of the molecule is NC(CO)(CO)C(=O)NC(CO)(CO)C(=O)O. The van der Waals surface area contributed by atoms with Crippen molar-refractivity contribution in [2.75, 3.05) is 26.4 Å². The van der Waals surface area contributed by atoms with Gasteiger partial charge in [-0.25, -0.2) is 4.79 Å². The minimum Gasteiger partial charge on any atom is -0.479 e. The molecule has 1 amide bonds. The number of hydrogen-bond donors (Lipinski definition) is 7. The second-order valence-corrected chi connectivity index (χ2v) is 3.63. The molecule has 0 aliphatic carbocycles. The van der Waals surface area contributed by atoms with Gasteiger partial charge in [-0.05, 0) is 0 Å². The number of aliphatic hydroxyl groups excluding tert-OH is 4. The fourth-order valence-corrected chi connectivity index (χ4v) is 0.853. The summed E-state index contributed by atoms with van der Waals surface area (Å²) in [6, 6.07) is 0. The van der Waals surface area contributed by atoms with E-state index in [-0.39, 0.29) is 0 Å². The lowest BCUT2D eigenvalue weighted by molar-refractivity contribution is -0.153. The number of amides is 1. The van der Waals surface area contributed by atoms with E-state index in [0.29, 0.717) is 0 Å².